The highest BCUT2D eigenvalue weighted by atomic mass is 19.1. The Morgan fingerprint density at radius 1 is 1.35 bits per heavy atom. The second-order valence-electron chi connectivity index (χ2n) is 5.26. The molecule has 1 fully saturated rings. The second-order valence-corrected chi connectivity index (χ2v) is 5.26. The smallest absolute Gasteiger partial charge is 0.123 e. The molecule has 112 valence electrons. The van der Waals surface area contributed by atoms with Crippen LogP contribution in [-0.2, 0) is 11.3 Å². The van der Waals surface area contributed by atoms with Crippen molar-refractivity contribution in [3.8, 4) is 5.75 Å². The number of nitrogens with zero attached hydrogens (tertiary/aromatic N) is 1. The largest absolute Gasteiger partial charge is 0.508 e. The van der Waals surface area contributed by atoms with E-state index in [4.69, 9.17) is 10.5 Å². The van der Waals surface area contributed by atoms with Gasteiger partial charge in [0.15, 0.2) is 0 Å². The highest BCUT2D eigenvalue weighted by molar-refractivity contribution is 5.32. The van der Waals surface area contributed by atoms with Gasteiger partial charge < -0.3 is 15.6 Å². The van der Waals surface area contributed by atoms with Gasteiger partial charge >= 0.3 is 0 Å². The Morgan fingerprint density at radius 2 is 2.10 bits per heavy atom. The number of phenols is 1. The van der Waals surface area contributed by atoms with Gasteiger partial charge in [-0.1, -0.05) is 0 Å². The zero-order valence-electron chi connectivity index (χ0n) is 11.7. The first-order valence-corrected chi connectivity index (χ1v) is 7.20. The van der Waals surface area contributed by atoms with Crippen molar-refractivity contribution in [3.63, 3.8) is 0 Å². The van der Waals surface area contributed by atoms with Crippen LogP contribution >= 0.6 is 0 Å². The standard InChI is InChI=1S/C15H23FN2O2/c16-13-2-3-15(19)12(10-13)11-18-7-4-14(5-8-18)20-9-1-6-17/h2-3,10,14,19H,1,4-9,11,17H2. The number of nitrogens with two attached hydrogens (primary N) is 1. The summed E-state index contributed by atoms with van der Waals surface area (Å²) in [5, 5.41) is 9.73. The van der Waals surface area contributed by atoms with E-state index in [1.165, 1.54) is 18.2 Å². The normalized spacial score (nSPS) is 17.5. The Morgan fingerprint density at radius 3 is 2.80 bits per heavy atom. The lowest BCUT2D eigenvalue weighted by atomic mass is 10.1. The molecule has 0 saturated carbocycles. The first-order chi connectivity index (χ1) is 9.69. The van der Waals surface area contributed by atoms with Gasteiger partial charge in [0.2, 0.25) is 0 Å². The Hall–Kier alpha value is -1.17. The van der Waals surface area contributed by atoms with Crippen molar-refractivity contribution in [2.45, 2.75) is 31.9 Å². The van der Waals surface area contributed by atoms with E-state index in [2.05, 4.69) is 4.90 Å². The summed E-state index contributed by atoms with van der Waals surface area (Å²) < 4.78 is 18.9. The van der Waals surface area contributed by atoms with Crippen molar-refractivity contribution < 1.29 is 14.2 Å². The number of aromatic hydroxyl groups is 1. The molecule has 4 nitrogen and oxygen atoms in total. The van der Waals surface area contributed by atoms with E-state index < -0.39 is 0 Å². The van der Waals surface area contributed by atoms with Crippen LogP contribution in [0.3, 0.4) is 0 Å². The summed E-state index contributed by atoms with van der Waals surface area (Å²) in [6.45, 7) is 3.79. The number of halogens is 1. The van der Waals surface area contributed by atoms with Crippen molar-refractivity contribution in [3.05, 3.63) is 29.6 Å². The van der Waals surface area contributed by atoms with Crippen molar-refractivity contribution in [1.29, 1.82) is 0 Å². The van der Waals surface area contributed by atoms with Gasteiger partial charge in [-0.25, -0.2) is 4.39 Å². The molecule has 1 aliphatic rings. The van der Waals surface area contributed by atoms with Crippen molar-refractivity contribution >= 4 is 0 Å². The van der Waals surface area contributed by atoms with E-state index >= 15 is 0 Å². The van der Waals surface area contributed by atoms with Gasteiger partial charge in [0.1, 0.15) is 11.6 Å². The molecule has 1 heterocycles. The number of hydrogen-bond donors (Lipinski definition) is 2. The first kappa shape index (κ1) is 15.2. The van der Waals surface area contributed by atoms with Crippen LogP contribution in [0.15, 0.2) is 18.2 Å². The van der Waals surface area contributed by atoms with Crippen LogP contribution in [0.4, 0.5) is 4.39 Å². The minimum Gasteiger partial charge on any atom is -0.508 e. The van der Waals surface area contributed by atoms with Gasteiger partial charge in [0.05, 0.1) is 6.10 Å². The molecule has 20 heavy (non-hydrogen) atoms. The van der Waals surface area contributed by atoms with E-state index in [-0.39, 0.29) is 11.6 Å². The number of benzene rings is 1. The van der Waals surface area contributed by atoms with Gasteiger partial charge in [-0.15, -0.1) is 0 Å². The molecule has 2 rings (SSSR count). The average Bonchev–Trinajstić information content (AvgIpc) is 2.45. The minimum atomic E-state index is -0.308. The lowest BCUT2D eigenvalue weighted by Gasteiger charge is -2.32. The summed E-state index contributed by atoms with van der Waals surface area (Å²) in [6, 6.07) is 4.09. The Bertz CT molecular complexity index is 420. The zero-order chi connectivity index (χ0) is 14.4. The number of piperidine rings is 1. The van der Waals surface area contributed by atoms with Gasteiger partial charge in [-0.05, 0) is 44.0 Å². The lowest BCUT2D eigenvalue weighted by Crippen LogP contribution is -2.36. The number of likely N-dealkylation sites (tertiary alicyclic amines) is 1. The molecule has 0 spiro atoms. The second kappa shape index (κ2) is 7.57. The van der Waals surface area contributed by atoms with Gasteiger partial charge in [0, 0.05) is 31.8 Å². The number of rotatable bonds is 6. The van der Waals surface area contributed by atoms with Crippen LogP contribution in [0.2, 0.25) is 0 Å². The zero-order valence-corrected chi connectivity index (χ0v) is 11.7. The highest BCUT2D eigenvalue weighted by Crippen LogP contribution is 2.22. The number of phenolic OH excluding ortho intramolecular Hbond substituents is 1. The summed E-state index contributed by atoms with van der Waals surface area (Å²) in [7, 11) is 0. The van der Waals surface area contributed by atoms with Crippen LogP contribution in [0.1, 0.15) is 24.8 Å². The molecule has 0 aliphatic carbocycles. The van der Waals surface area contributed by atoms with E-state index in [0.717, 1.165) is 39.0 Å². The van der Waals surface area contributed by atoms with E-state index in [1.54, 1.807) is 0 Å². The number of hydrogen-bond acceptors (Lipinski definition) is 4. The third-order valence-electron chi connectivity index (χ3n) is 3.67. The molecule has 1 aromatic rings. The molecule has 0 atom stereocenters. The Balaban J connectivity index is 1.78. The molecule has 0 bridgehead atoms. The van der Waals surface area contributed by atoms with Crippen molar-refractivity contribution in [1.82, 2.24) is 4.90 Å². The number of ether oxygens (including phenoxy) is 1. The van der Waals surface area contributed by atoms with Crippen LogP contribution in [-0.4, -0.2) is 42.4 Å². The van der Waals surface area contributed by atoms with Crippen molar-refractivity contribution in [2.75, 3.05) is 26.2 Å². The summed E-state index contributed by atoms with van der Waals surface area (Å²) in [6.07, 6.45) is 3.15. The molecule has 5 heteroatoms. The fourth-order valence-corrected chi connectivity index (χ4v) is 2.49. The quantitative estimate of drug-likeness (QED) is 0.782. The van der Waals surface area contributed by atoms with Gasteiger partial charge in [0.25, 0.3) is 0 Å². The van der Waals surface area contributed by atoms with Crippen LogP contribution in [0.5, 0.6) is 5.75 Å². The fraction of sp³-hybridized carbons (Fsp3) is 0.600. The maximum absolute atomic E-state index is 13.2. The topological polar surface area (TPSA) is 58.7 Å². The molecule has 1 aliphatic heterocycles. The molecule has 1 saturated heterocycles. The molecule has 0 aromatic heterocycles. The van der Waals surface area contributed by atoms with E-state index in [1.807, 2.05) is 0 Å². The SMILES string of the molecule is NCCCOC1CCN(Cc2cc(F)ccc2O)CC1. The molecule has 1 aromatic carbocycles. The van der Waals surface area contributed by atoms with Gasteiger partial charge in [-0.3, -0.25) is 4.90 Å². The molecular weight excluding hydrogens is 259 g/mol. The third kappa shape index (κ3) is 4.44. The monoisotopic (exact) mass is 282 g/mol. The van der Waals surface area contributed by atoms with E-state index in [0.29, 0.717) is 24.8 Å². The molecule has 0 unspecified atom stereocenters. The lowest BCUT2D eigenvalue weighted by molar-refractivity contribution is 0.00551. The van der Waals surface area contributed by atoms with Crippen LogP contribution in [0, 0.1) is 5.82 Å². The average molecular weight is 282 g/mol. The van der Waals surface area contributed by atoms with Crippen LogP contribution in [0.25, 0.3) is 0 Å². The third-order valence-corrected chi connectivity index (χ3v) is 3.67. The molecule has 3 N–H and O–H groups in total. The predicted molar refractivity (Wildman–Crippen MR) is 76.0 cm³/mol. The van der Waals surface area contributed by atoms with Crippen molar-refractivity contribution in [2.24, 2.45) is 5.73 Å². The van der Waals surface area contributed by atoms with Gasteiger partial charge in [-0.2, -0.15) is 0 Å². The maximum atomic E-state index is 13.2. The summed E-state index contributed by atoms with van der Waals surface area (Å²) >= 11 is 0. The molecule has 0 amide bonds. The molecule has 0 radical (unpaired) electrons. The minimum absolute atomic E-state index is 0.160. The molecular formula is C15H23FN2O2. The summed E-state index contributed by atoms with van der Waals surface area (Å²) in [4.78, 5) is 2.22. The highest BCUT2D eigenvalue weighted by Gasteiger charge is 2.20. The van der Waals surface area contributed by atoms with E-state index in [9.17, 15) is 9.50 Å². The Labute approximate surface area is 119 Å². The predicted octanol–water partition coefficient (Wildman–Crippen LogP) is 1.86. The first-order valence-electron chi connectivity index (χ1n) is 7.20. The fourth-order valence-electron chi connectivity index (χ4n) is 2.49. The summed E-state index contributed by atoms with van der Waals surface area (Å²) in [5.41, 5.74) is 6.08. The van der Waals surface area contributed by atoms with Crippen LogP contribution < -0.4 is 5.73 Å². The summed E-state index contributed by atoms with van der Waals surface area (Å²) in [5.74, 6) is -0.148. The maximum Gasteiger partial charge on any atom is 0.123 e. The Kier molecular flexibility index (Phi) is 5.76.